The average Bonchev–Trinajstić information content (AvgIpc) is 3.01. The summed E-state index contributed by atoms with van der Waals surface area (Å²) >= 11 is 4.98. The summed E-state index contributed by atoms with van der Waals surface area (Å²) in [6.45, 7) is 2.17. The van der Waals surface area contributed by atoms with Gasteiger partial charge in [0.05, 0.1) is 17.5 Å². The second kappa shape index (κ2) is 5.08. The minimum Gasteiger partial charge on any atom is -0.392 e. The van der Waals surface area contributed by atoms with Crippen LogP contribution in [0.5, 0.6) is 0 Å². The van der Waals surface area contributed by atoms with Crippen LogP contribution in [0, 0.1) is 0 Å². The first kappa shape index (κ1) is 12.3. The third-order valence-electron chi connectivity index (χ3n) is 2.86. The molecule has 1 aliphatic heterocycles. The van der Waals surface area contributed by atoms with Crippen LogP contribution in [0.25, 0.3) is 10.7 Å². The molecule has 96 valence electrons. The van der Waals surface area contributed by atoms with Crippen molar-refractivity contribution >= 4 is 27.3 Å². The number of nitrogens with zero attached hydrogens (tertiary/aromatic N) is 3. The predicted octanol–water partition coefficient (Wildman–Crippen LogP) is 2.13. The number of thiophene rings is 1. The van der Waals surface area contributed by atoms with E-state index in [1.54, 1.807) is 11.3 Å². The van der Waals surface area contributed by atoms with Crippen LogP contribution in [0.4, 0.5) is 0 Å². The average molecular weight is 330 g/mol. The topological polar surface area (TPSA) is 62.4 Å². The Bertz CT molecular complexity index is 542. The highest BCUT2D eigenvalue weighted by Crippen LogP contribution is 2.27. The molecule has 1 aliphatic rings. The molecule has 0 unspecified atom stereocenters. The molecule has 0 radical (unpaired) electrons. The van der Waals surface area contributed by atoms with Crippen molar-refractivity contribution in [1.82, 2.24) is 15.0 Å². The first-order chi connectivity index (χ1) is 8.70. The highest BCUT2D eigenvalue weighted by molar-refractivity contribution is 9.10. The van der Waals surface area contributed by atoms with Gasteiger partial charge in [0, 0.05) is 22.9 Å². The molecule has 1 N–H and O–H groups in total. The number of aromatic nitrogens is 2. The van der Waals surface area contributed by atoms with Crippen molar-refractivity contribution < 1.29 is 9.63 Å². The van der Waals surface area contributed by atoms with E-state index >= 15 is 0 Å². The van der Waals surface area contributed by atoms with Crippen molar-refractivity contribution in [1.29, 1.82) is 0 Å². The summed E-state index contributed by atoms with van der Waals surface area (Å²) in [4.78, 5) is 7.47. The van der Waals surface area contributed by atoms with Gasteiger partial charge in [-0.05, 0) is 28.4 Å². The molecule has 3 rings (SSSR count). The summed E-state index contributed by atoms with van der Waals surface area (Å²) in [5, 5.41) is 15.4. The van der Waals surface area contributed by atoms with E-state index < -0.39 is 0 Å². The quantitative estimate of drug-likeness (QED) is 0.934. The van der Waals surface area contributed by atoms with Gasteiger partial charge in [0.1, 0.15) is 0 Å². The SMILES string of the molecule is O[C@H]1CCN(Cc2nc(-c3cc(Br)cs3)no2)C1. The smallest absolute Gasteiger partial charge is 0.241 e. The van der Waals surface area contributed by atoms with Crippen LogP contribution in [0.2, 0.25) is 0 Å². The lowest BCUT2D eigenvalue weighted by molar-refractivity contribution is 0.169. The van der Waals surface area contributed by atoms with Gasteiger partial charge in [-0.15, -0.1) is 11.3 Å². The number of β-amino-alcohol motifs (C(OH)–C–C–N with tert-alkyl or cyclic N) is 1. The lowest BCUT2D eigenvalue weighted by Crippen LogP contribution is -2.21. The highest BCUT2D eigenvalue weighted by Gasteiger charge is 2.22. The molecule has 18 heavy (non-hydrogen) atoms. The van der Waals surface area contributed by atoms with E-state index in [4.69, 9.17) is 4.52 Å². The molecule has 0 aromatic carbocycles. The van der Waals surface area contributed by atoms with Crippen molar-refractivity contribution in [3.8, 4) is 10.7 Å². The van der Waals surface area contributed by atoms with Crippen molar-refractivity contribution in [3.05, 3.63) is 21.8 Å². The summed E-state index contributed by atoms with van der Waals surface area (Å²) < 4.78 is 6.26. The zero-order valence-electron chi connectivity index (χ0n) is 9.54. The minimum absolute atomic E-state index is 0.222. The normalized spacial score (nSPS) is 20.7. The maximum atomic E-state index is 9.45. The van der Waals surface area contributed by atoms with Gasteiger partial charge >= 0.3 is 0 Å². The molecular formula is C11H12BrN3O2S. The number of hydrogen-bond donors (Lipinski definition) is 1. The van der Waals surface area contributed by atoms with Crippen molar-refractivity contribution in [2.45, 2.75) is 19.1 Å². The van der Waals surface area contributed by atoms with E-state index in [1.807, 2.05) is 11.4 Å². The van der Waals surface area contributed by atoms with Crippen LogP contribution in [-0.4, -0.2) is 39.3 Å². The van der Waals surface area contributed by atoms with Gasteiger partial charge in [0.25, 0.3) is 0 Å². The summed E-state index contributed by atoms with van der Waals surface area (Å²) in [7, 11) is 0. The van der Waals surface area contributed by atoms with E-state index in [0.717, 1.165) is 22.3 Å². The molecule has 0 spiro atoms. The zero-order chi connectivity index (χ0) is 12.5. The molecule has 2 aromatic heterocycles. The Morgan fingerprint density at radius 3 is 3.17 bits per heavy atom. The van der Waals surface area contributed by atoms with Gasteiger partial charge in [-0.2, -0.15) is 4.98 Å². The number of rotatable bonds is 3. The monoisotopic (exact) mass is 329 g/mol. The number of hydrogen-bond acceptors (Lipinski definition) is 6. The summed E-state index contributed by atoms with van der Waals surface area (Å²) in [6.07, 6.45) is 0.597. The second-order valence-corrected chi connectivity index (χ2v) is 6.15. The fourth-order valence-corrected chi connectivity index (χ4v) is 3.35. The molecule has 0 bridgehead atoms. The molecule has 1 saturated heterocycles. The highest BCUT2D eigenvalue weighted by atomic mass is 79.9. The van der Waals surface area contributed by atoms with Gasteiger partial charge < -0.3 is 9.63 Å². The summed E-state index contributed by atoms with van der Waals surface area (Å²) in [5.74, 6) is 1.23. The van der Waals surface area contributed by atoms with E-state index in [0.29, 0.717) is 24.8 Å². The van der Waals surface area contributed by atoms with Crippen LogP contribution >= 0.6 is 27.3 Å². The maximum absolute atomic E-state index is 9.45. The maximum Gasteiger partial charge on any atom is 0.241 e. The molecule has 0 aliphatic carbocycles. The Balaban J connectivity index is 1.70. The standard InChI is InChI=1S/C11H12BrN3O2S/c12-7-3-9(18-6-7)11-13-10(17-14-11)5-15-2-1-8(16)4-15/h3,6,8,16H,1-2,4-5H2/t8-/m0/s1. The third-order valence-corrected chi connectivity index (χ3v) is 4.55. The van der Waals surface area contributed by atoms with Gasteiger partial charge in [-0.3, -0.25) is 4.90 Å². The predicted molar refractivity (Wildman–Crippen MR) is 71.2 cm³/mol. The van der Waals surface area contributed by atoms with Crippen LogP contribution in [0.1, 0.15) is 12.3 Å². The van der Waals surface area contributed by atoms with Crippen LogP contribution < -0.4 is 0 Å². The second-order valence-electron chi connectivity index (χ2n) is 4.32. The van der Waals surface area contributed by atoms with Gasteiger partial charge in [-0.25, -0.2) is 0 Å². The Morgan fingerprint density at radius 1 is 1.61 bits per heavy atom. The summed E-state index contributed by atoms with van der Waals surface area (Å²) in [6, 6.07) is 1.97. The van der Waals surface area contributed by atoms with E-state index in [2.05, 4.69) is 31.0 Å². The number of halogens is 1. The van der Waals surface area contributed by atoms with Gasteiger partial charge in [0.2, 0.25) is 11.7 Å². The lowest BCUT2D eigenvalue weighted by Gasteiger charge is -2.10. The molecule has 7 heteroatoms. The van der Waals surface area contributed by atoms with Crippen LogP contribution in [0.3, 0.4) is 0 Å². The van der Waals surface area contributed by atoms with Crippen LogP contribution in [0.15, 0.2) is 20.4 Å². The Labute approximate surface area is 117 Å². The fourth-order valence-electron chi connectivity index (χ4n) is 2.00. The molecule has 0 amide bonds. The lowest BCUT2D eigenvalue weighted by atomic mass is 10.3. The van der Waals surface area contributed by atoms with Crippen molar-refractivity contribution in [2.24, 2.45) is 0 Å². The fraction of sp³-hybridized carbons (Fsp3) is 0.455. The van der Waals surface area contributed by atoms with Gasteiger partial charge in [0.15, 0.2) is 0 Å². The molecule has 2 aromatic rings. The van der Waals surface area contributed by atoms with E-state index in [9.17, 15) is 5.11 Å². The van der Waals surface area contributed by atoms with Crippen molar-refractivity contribution in [2.75, 3.05) is 13.1 Å². The zero-order valence-corrected chi connectivity index (χ0v) is 11.9. The Hall–Kier alpha value is -0.760. The molecule has 3 heterocycles. The summed E-state index contributed by atoms with van der Waals surface area (Å²) in [5.41, 5.74) is 0. The third kappa shape index (κ3) is 2.64. The Kier molecular flexibility index (Phi) is 3.47. The minimum atomic E-state index is -0.222. The first-order valence-electron chi connectivity index (χ1n) is 5.68. The molecular weight excluding hydrogens is 318 g/mol. The molecule has 0 saturated carbocycles. The van der Waals surface area contributed by atoms with Gasteiger partial charge in [-0.1, -0.05) is 5.16 Å². The van der Waals surface area contributed by atoms with Crippen molar-refractivity contribution in [3.63, 3.8) is 0 Å². The number of aliphatic hydroxyl groups is 1. The Morgan fingerprint density at radius 2 is 2.50 bits per heavy atom. The molecule has 5 nitrogen and oxygen atoms in total. The molecule has 1 fully saturated rings. The number of likely N-dealkylation sites (tertiary alicyclic amines) is 1. The molecule has 1 atom stereocenters. The first-order valence-corrected chi connectivity index (χ1v) is 7.35. The van der Waals surface area contributed by atoms with E-state index in [1.165, 1.54) is 0 Å². The largest absolute Gasteiger partial charge is 0.392 e. The van der Waals surface area contributed by atoms with E-state index in [-0.39, 0.29) is 6.10 Å². The number of aliphatic hydroxyl groups excluding tert-OH is 1. The van der Waals surface area contributed by atoms with Crippen LogP contribution in [-0.2, 0) is 6.54 Å².